The standard InChI is InChI=1S/C59H94N4O10S/c1-29(2)42-38(27-39-43(30(3)4)45(49(61-39)63-54(71)59(20,21)22)53(70)73-47-36(57(14,15)16)25-32(6)26-37(47)58(17,18)19)60-48(62-50(66)33(7)74-40(51(67)68)28-41(64)65)44(42)52(69)72-46-34(55(8,9)10)23-31(5)24-35(46)56(11,12)13/h27,29-37,40,46-47,60H,23-26,28H2,1-22H3,(H,62,66)(H,64,65)(H,67,68)(H,61,63,71). The molecule has 1 aromatic rings. The molecule has 2 heterocycles. The van der Waals surface area contributed by atoms with Gasteiger partial charge in [-0.15, -0.1) is 11.8 Å². The van der Waals surface area contributed by atoms with Gasteiger partial charge in [0, 0.05) is 34.8 Å². The molecule has 0 aromatic carbocycles. The number of carbonyl (C=O) groups is 6. The van der Waals surface area contributed by atoms with Crippen molar-refractivity contribution in [3.05, 3.63) is 33.7 Å². The summed E-state index contributed by atoms with van der Waals surface area (Å²) in [5.74, 6) is -4.65. The van der Waals surface area contributed by atoms with Gasteiger partial charge >= 0.3 is 23.9 Å². The summed E-state index contributed by atoms with van der Waals surface area (Å²) < 4.78 is 13.6. The van der Waals surface area contributed by atoms with Crippen molar-refractivity contribution in [1.29, 1.82) is 0 Å². The topological polar surface area (TPSA) is 214 Å². The van der Waals surface area contributed by atoms with E-state index in [0.29, 0.717) is 46.1 Å². The predicted octanol–water partition coefficient (Wildman–Crippen LogP) is 12.9. The average molecular weight is 1050 g/mol. The highest BCUT2D eigenvalue weighted by Gasteiger charge is 2.51. The van der Waals surface area contributed by atoms with Crippen LogP contribution in [0.4, 0.5) is 5.82 Å². The van der Waals surface area contributed by atoms with Gasteiger partial charge < -0.3 is 35.3 Å². The molecule has 0 saturated heterocycles. The maximum atomic E-state index is 15.4. The normalized spacial score (nSPS) is 25.7. The van der Waals surface area contributed by atoms with Crippen LogP contribution in [0.2, 0.25) is 0 Å². The van der Waals surface area contributed by atoms with Gasteiger partial charge in [-0.25, -0.2) is 14.6 Å². The van der Waals surface area contributed by atoms with Gasteiger partial charge in [0.25, 0.3) is 0 Å². The van der Waals surface area contributed by atoms with Crippen LogP contribution in [0.5, 0.6) is 0 Å². The van der Waals surface area contributed by atoms with E-state index in [-0.39, 0.29) is 85.9 Å². The van der Waals surface area contributed by atoms with Crippen LogP contribution in [0.15, 0.2) is 21.8 Å². The number of allylic oxidation sites excluding steroid dienone is 1. The number of aliphatic imine (C=N–C) groups is 1. The number of amides is 2. The fourth-order valence-corrected chi connectivity index (χ4v) is 12.5. The fraction of sp³-hybridized carbons (Fsp3) is 0.746. The Morgan fingerprint density at radius 2 is 1.11 bits per heavy atom. The number of carbonyl (C=O) groups excluding carboxylic acids is 4. The number of rotatable bonds is 14. The number of hydrogen-bond donors (Lipinski definition) is 5. The van der Waals surface area contributed by atoms with Gasteiger partial charge in [0.1, 0.15) is 40.2 Å². The van der Waals surface area contributed by atoms with E-state index < -0.39 is 64.3 Å². The number of amidine groups is 1. The van der Waals surface area contributed by atoms with E-state index in [1.807, 2.05) is 27.7 Å². The first-order chi connectivity index (χ1) is 33.6. The Morgan fingerprint density at radius 3 is 1.47 bits per heavy atom. The number of carboxylic acid groups (broad SMARTS) is 2. The van der Waals surface area contributed by atoms with Crippen LogP contribution in [0.3, 0.4) is 0 Å². The van der Waals surface area contributed by atoms with E-state index in [1.54, 1.807) is 26.8 Å². The number of thioether (sulfide) groups is 1. The van der Waals surface area contributed by atoms with Gasteiger partial charge in [-0.3, -0.25) is 19.2 Å². The Balaban J connectivity index is 2.04. The summed E-state index contributed by atoms with van der Waals surface area (Å²) >= 11 is 0.692. The molecule has 0 bridgehead atoms. The minimum atomic E-state index is -1.42. The van der Waals surface area contributed by atoms with E-state index in [0.717, 1.165) is 25.7 Å². The molecule has 2 fully saturated rings. The third kappa shape index (κ3) is 15.0. The number of nitrogens with zero attached hydrogens (tertiary/aromatic N) is 1. The van der Waals surface area contributed by atoms with Gasteiger partial charge in [-0.1, -0.05) is 145 Å². The molecule has 0 spiro atoms. The van der Waals surface area contributed by atoms with E-state index in [9.17, 15) is 29.4 Å². The smallest absolute Gasteiger partial charge is 0.342 e. The number of ether oxygens (including phenoxy) is 2. The minimum absolute atomic E-state index is 0.0000541. The molecule has 74 heavy (non-hydrogen) atoms. The number of aromatic amines is 1. The van der Waals surface area contributed by atoms with E-state index in [2.05, 4.69) is 113 Å². The highest BCUT2D eigenvalue weighted by Crippen LogP contribution is 2.52. The summed E-state index contributed by atoms with van der Waals surface area (Å²) in [4.78, 5) is 90.8. The number of aromatic nitrogens is 1. The highest BCUT2D eigenvalue weighted by atomic mass is 32.2. The summed E-state index contributed by atoms with van der Waals surface area (Å²) in [5.41, 5.74) is 0.323. The van der Waals surface area contributed by atoms with Crippen LogP contribution in [0.1, 0.15) is 212 Å². The molecule has 3 aliphatic rings. The number of aliphatic carboxylic acids is 2. The Labute approximate surface area is 447 Å². The Bertz CT molecular complexity index is 2330. The number of esters is 2. The molecule has 1 aromatic heterocycles. The van der Waals surface area contributed by atoms with Gasteiger partial charge in [0.2, 0.25) is 11.8 Å². The molecule has 4 rings (SSSR count). The molecule has 14 nitrogen and oxygen atoms in total. The molecular weight excluding hydrogens is 957 g/mol. The lowest BCUT2D eigenvalue weighted by Gasteiger charge is -2.50. The van der Waals surface area contributed by atoms with Crippen LogP contribution < -0.4 is 10.6 Å². The summed E-state index contributed by atoms with van der Waals surface area (Å²) in [6.07, 6.45) is 3.60. The molecule has 416 valence electrons. The van der Waals surface area contributed by atoms with Crippen molar-refractivity contribution in [3.63, 3.8) is 0 Å². The number of H-pyrrole nitrogens is 1. The molecule has 1 aliphatic heterocycles. The molecular formula is C59H94N4O10S. The summed E-state index contributed by atoms with van der Waals surface area (Å²) in [7, 11) is 0. The van der Waals surface area contributed by atoms with E-state index in [4.69, 9.17) is 14.5 Å². The zero-order valence-corrected chi connectivity index (χ0v) is 49.9. The summed E-state index contributed by atoms with van der Waals surface area (Å²) in [6.45, 7) is 45.2. The lowest BCUT2D eigenvalue weighted by atomic mass is 9.59. The molecule has 2 saturated carbocycles. The first-order valence-electron chi connectivity index (χ1n) is 27.0. The van der Waals surface area contributed by atoms with Crippen molar-refractivity contribution < 1.29 is 48.5 Å². The maximum Gasteiger partial charge on any atom is 0.342 e. The van der Waals surface area contributed by atoms with Crippen LogP contribution in [-0.2, 0) is 33.4 Å². The van der Waals surface area contributed by atoms with Crippen LogP contribution in [0.25, 0.3) is 6.08 Å². The Hall–Kier alpha value is -4.40. The highest BCUT2D eigenvalue weighted by molar-refractivity contribution is 8.01. The lowest BCUT2D eigenvalue weighted by molar-refractivity contribution is -0.164. The van der Waals surface area contributed by atoms with Crippen molar-refractivity contribution in [2.24, 2.45) is 73.5 Å². The quantitative estimate of drug-likeness (QED) is 0.111. The molecule has 2 amide bonds. The number of carboxylic acids is 2. The minimum Gasteiger partial charge on any atom is -0.481 e. The maximum absolute atomic E-state index is 15.4. The van der Waals surface area contributed by atoms with Gasteiger partial charge in [0.15, 0.2) is 0 Å². The molecule has 6 unspecified atom stereocenters. The molecule has 15 heteroatoms. The molecule has 2 aliphatic carbocycles. The second-order valence-electron chi connectivity index (χ2n) is 28.0. The fourth-order valence-electron chi connectivity index (χ4n) is 11.5. The number of nitrogens with one attached hydrogen (secondary N) is 3. The Kier molecular flexibility index (Phi) is 19.4. The van der Waals surface area contributed by atoms with Gasteiger partial charge in [0.05, 0.1) is 17.4 Å². The van der Waals surface area contributed by atoms with E-state index >= 15 is 9.59 Å². The third-order valence-corrected chi connectivity index (χ3v) is 16.9. The van der Waals surface area contributed by atoms with Crippen molar-refractivity contribution in [1.82, 2.24) is 10.3 Å². The average Bonchev–Trinajstić information content (AvgIpc) is 3.76. The van der Waals surface area contributed by atoms with Crippen LogP contribution in [0, 0.1) is 68.5 Å². The van der Waals surface area contributed by atoms with Crippen molar-refractivity contribution in [2.45, 2.75) is 213 Å². The van der Waals surface area contributed by atoms with Gasteiger partial charge in [-0.05, 0) is 95.2 Å². The number of anilines is 1. The second kappa shape index (κ2) is 23.1. The number of hydrogen-bond acceptors (Lipinski definition) is 10. The zero-order chi connectivity index (χ0) is 56.7. The largest absolute Gasteiger partial charge is 0.481 e. The molecule has 0 radical (unpaired) electrons. The zero-order valence-electron chi connectivity index (χ0n) is 49.1. The third-order valence-electron chi connectivity index (χ3n) is 15.6. The van der Waals surface area contributed by atoms with Crippen LogP contribution >= 0.6 is 11.8 Å². The van der Waals surface area contributed by atoms with Crippen molar-refractivity contribution in [2.75, 3.05) is 5.32 Å². The Morgan fingerprint density at radius 1 is 0.676 bits per heavy atom. The van der Waals surface area contributed by atoms with Gasteiger partial charge in [-0.2, -0.15) is 0 Å². The SMILES string of the molecule is CC1CC(C(C)(C)C)C(OC(=O)C2=C(C(C)C)C(=Cc3[nH]c(NC(=O)C(C)SC(CC(=O)O)C(=O)O)c(C(=O)OC4C(C(C)(C)C)CC(C)CC4C(C)(C)C)c3C(C)C)N=C2NC(=O)C(C)(C)C)C(C(C)(C)C)C1. The first kappa shape index (κ1) is 62.1. The summed E-state index contributed by atoms with van der Waals surface area (Å²) in [6, 6.07) is 0. The van der Waals surface area contributed by atoms with E-state index in [1.165, 1.54) is 6.92 Å². The second-order valence-corrected chi connectivity index (χ2v) is 29.5. The monoisotopic (exact) mass is 1050 g/mol. The summed E-state index contributed by atoms with van der Waals surface area (Å²) in [5, 5.41) is 22.7. The predicted molar refractivity (Wildman–Crippen MR) is 297 cm³/mol. The first-order valence-corrected chi connectivity index (χ1v) is 28.0. The van der Waals surface area contributed by atoms with Crippen LogP contribution in [-0.4, -0.2) is 79.4 Å². The van der Waals surface area contributed by atoms with Crippen molar-refractivity contribution >= 4 is 65.2 Å². The van der Waals surface area contributed by atoms with Crippen molar-refractivity contribution in [3.8, 4) is 0 Å². The molecule has 6 atom stereocenters. The lowest BCUT2D eigenvalue weighted by Crippen LogP contribution is -2.50. The molecule has 5 N–H and O–H groups in total.